The molecule has 2 aromatic heterocycles. The predicted octanol–water partition coefficient (Wildman–Crippen LogP) is -0.857. The summed E-state index contributed by atoms with van der Waals surface area (Å²) in [5, 5.41) is 37.0. The molecule has 0 bridgehead atoms. The first-order valence-electron chi connectivity index (χ1n) is 12.6. The van der Waals surface area contributed by atoms with Gasteiger partial charge in [-0.05, 0) is 16.0 Å². The Morgan fingerprint density at radius 2 is 2.02 bits per heavy atom. The summed E-state index contributed by atoms with van der Waals surface area (Å²) in [5.41, 5.74) is 11.3. The van der Waals surface area contributed by atoms with Gasteiger partial charge in [0.15, 0.2) is 5.13 Å². The molecule has 1 saturated heterocycles. The molecule has 21 heteroatoms. The first kappa shape index (κ1) is 30.8. The number of hydrogen-bond acceptors (Lipinski definition) is 16. The number of thioether (sulfide) groups is 2. The Morgan fingerprint density at radius 1 is 1.25 bits per heavy atom. The number of nitrogens with one attached hydrogen (secondary N) is 1. The van der Waals surface area contributed by atoms with Gasteiger partial charge in [0.2, 0.25) is 22.8 Å². The fraction of sp³-hybridized carbons (Fsp3) is 0.304. The van der Waals surface area contributed by atoms with Gasteiger partial charge in [-0.2, -0.15) is 9.36 Å². The second kappa shape index (κ2) is 13.4. The van der Waals surface area contributed by atoms with Crippen molar-refractivity contribution in [3.63, 3.8) is 0 Å². The number of β-lactam (4-membered cyclic amide) rings is 1. The minimum absolute atomic E-state index is 0.00534. The molecule has 3 aromatic rings. The lowest BCUT2D eigenvalue weighted by Gasteiger charge is -2.49. The van der Waals surface area contributed by atoms with Crippen LogP contribution in [0.5, 0.6) is 0 Å². The highest BCUT2D eigenvalue weighted by molar-refractivity contribution is 8.01. The van der Waals surface area contributed by atoms with Gasteiger partial charge in [-0.3, -0.25) is 14.5 Å². The number of nitrogen functional groups attached to an aromatic ring is 1. The van der Waals surface area contributed by atoms with Crippen LogP contribution < -0.4 is 16.8 Å². The highest BCUT2D eigenvalue weighted by Crippen LogP contribution is 2.41. The summed E-state index contributed by atoms with van der Waals surface area (Å²) in [6.07, 6.45) is -1.57. The SMILES string of the molecule is NCCn1nnnc1SCC1=C(C(=O)O)N2C(=O)C(NC(=O)C(=NOC(C(=O)O)c3ccccc3)c3nsc(N)n3)[C@H]2SC1. The minimum Gasteiger partial charge on any atom is -0.478 e. The lowest BCUT2D eigenvalue weighted by molar-refractivity contribution is -0.151. The summed E-state index contributed by atoms with van der Waals surface area (Å²) in [7, 11) is 0. The zero-order chi connectivity index (χ0) is 31.4. The van der Waals surface area contributed by atoms with Gasteiger partial charge >= 0.3 is 11.9 Å². The fourth-order valence-electron chi connectivity index (χ4n) is 4.22. The van der Waals surface area contributed by atoms with Crippen LogP contribution in [0.15, 0.2) is 51.9 Å². The van der Waals surface area contributed by atoms with Crippen molar-refractivity contribution in [2.24, 2.45) is 10.9 Å². The van der Waals surface area contributed by atoms with E-state index in [1.165, 1.54) is 40.3 Å². The molecule has 230 valence electrons. The Bertz CT molecular complexity index is 1640. The number of rotatable bonds is 13. The van der Waals surface area contributed by atoms with Crippen LogP contribution in [0.2, 0.25) is 0 Å². The van der Waals surface area contributed by atoms with Crippen molar-refractivity contribution in [1.82, 2.24) is 39.8 Å². The lowest BCUT2D eigenvalue weighted by atomic mass is 10.0. The van der Waals surface area contributed by atoms with Gasteiger partial charge in [-0.25, -0.2) is 14.3 Å². The quantitative estimate of drug-likeness (QED) is 0.0645. The first-order chi connectivity index (χ1) is 21.2. The molecule has 0 spiro atoms. The van der Waals surface area contributed by atoms with Gasteiger partial charge in [0.05, 0.1) is 6.54 Å². The van der Waals surface area contributed by atoms with E-state index in [0.717, 1.165) is 16.4 Å². The van der Waals surface area contributed by atoms with Crippen molar-refractivity contribution in [3.05, 3.63) is 53.0 Å². The number of carboxylic acids is 2. The normalized spacial score (nSPS) is 18.8. The van der Waals surface area contributed by atoms with E-state index in [2.05, 4.69) is 35.4 Å². The van der Waals surface area contributed by atoms with Crippen LogP contribution in [0, 0.1) is 0 Å². The van der Waals surface area contributed by atoms with Gasteiger partial charge in [0.25, 0.3) is 11.8 Å². The number of fused-ring (bicyclic) bond motifs is 1. The number of aromatic nitrogens is 6. The molecular formula is C23H23N11O7S3. The summed E-state index contributed by atoms with van der Waals surface area (Å²) < 4.78 is 5.46. The molecule has 1 fully saturated rings. The summed E-state index contributed by atoms with van der Waals surface area (Å²) >= 11 is 3.23. The number of anilines is 1. The maximum Gasteiger partial charge on any atom is 0.352 e. The van der Waals surface area contributed by atoms with Gasteiger partial charge < -0.3 is 31.8 Å². The van der Waals surface area contributed by atoms with E-state index in [-0.39, 0.29) is 33.7 Å². The summed E-state index contributed by atoms with van der Waals surface area (Å²) in [6, 6.07) is 6.81. The summed E-state index contributed by atoms with van der Waals surface area (Å²) in [4.78, 5) is 61.0. The highest BCUT2D eigenvalue weighted by atomic mass is 32.2. The van der Waals surface area contributed by atoms with Gasteiger partial charge in [-0.1, -0.05) is 47.2 Å². The number of carbonyl (C=O) groups is 4. The number of amides is 2. The monoisotopic (exact) mass is 661 g/mol. The van der Waals surface area contributed by atoms with Crippen molar-refractivity contribution in [1.29, 1.82) is 0 Å². The maximum atomic E-state index is 13.4. The number of carboxylic acid groups (broad SMARTS) is 2. The number of benzene rings is 1. The average Bonchev–Trinajstić information content (AvgIpc) is 3.65. The molecular weight excluding hydrogens is 639 g/mol. The molecule has 44 heavy (non-hydrogen) atoms. The molecule has 1 aromatic carbocycles. The van der Waals surface area contributed by atoms with Crippen molar-refractivity contribution in [2.75, 3.05) is 23.8 Å². The fourth-order valence-corrected chi connectivity index (χ4v) is 7.04. The maximum absolute atomic E-state index is 13.4. The highest BCUT2D eigenvalue weighted by Gasteiger charge is 2.54. The molecule has 3 atom stereocenters. The molecule has 2 unspecified atom stereocenters. The van der Waals surface area contributed by atoms with Gasteiger partial charge in [0.1, 0.15) is 17.1 Å². The van der Waals surface area contributed by atoms with Crippen LogP contribution in [0.4, 0.5) is 5.13 Å². The van der Waals surface area contributed by atoms with E-state index < -0.39 is 47.0 Å². The number of aliphatic carboxylic acids is 2. The Hall–Kier alpha value is -4.60. The molecule has 0 radical (unpaired) electrons. The Balaban J connectivity index is 1.33. The van der Waals surface area contributed by atoms with Crippen LogP contribution in [-0.2, 0) is 30.6 Å². The van der Waals surface area contributed by atoms with Crippen molar-refractivity contribution in [2.45, 2.75) is 29.2 Å². The van der Waals surface area contributed by atoms with Crippen LogP contribution >= 0.6 is 35.1 Å². The number of nitrogens with two attached hydrogens (primary N) is 2. The molecule has 0 saturated carbocycles. The third-order valence-electron chi connectivity index (χ3n) is 6.20. The van der Waals surface area contributed by atoms with Crippen molar-refractivity contribution >= 4 is 69.7 Å². The van der Waals surface area contributed by atoms with Crippen molar-refractivity contribution in [3.8, 4) is 0 Å². The molecule has 2 aliphatic heterocycles. The number of carbonyl (C=O) groups excluding carboxylic acids is 2. The first-order valence-corrected chi connectivity index (χ1v) is 15.4. The molecule has 7 N–H and O–H groups in total. The minimum atomic E-state index is -1.57. The summed E-state index contributed by atoms with van der Waals surface area (Å²) in [6.45, 7) is 0.692. The second-order valence-electron chi connectivity index (χ2n) is 9.01. The van der Waals surface area contributed by atoms with Crippen LogP contribution in [0.1, 0.15) is 17.5 Å². The van der Waals surface area contributed by atoms with E-state index in [0.29, 0.717) is 23.8 Å². The zero-order valence-corrected chi connectivity index (χ0v) is 24.8. The van der Waals surface area contributed by atoms with E-state index in [4.69, 9.17) is 16.3 Å². The average molecular weight is 662 g/mol. The largest absolute Gasteiger partial charge is 0.478 e. The zero-order valence-electron chi connectivity index (χ0n) is 22.3. The van der Waals surface area contributed by atoms with Gasteiger partial charge in [0, 0.05) is 35.1 Å². The smallest absolute Gasteiger partial charge is 0.352 e. The molecule has 5 rings (SSSR count). The number of tetrazole rings is 1. The van der Waals surface area contributed by atoms with E-state index in [1.54, 1.807) is 18.2 Å². The van der Waals surface area contributed by atoms with Crippen LogP contribution in [-0.4, -0.2) is 104 Å². The Labute approximate surface area is 260 Å². The second-order valence-corrected chi connectivity index (χ2v) is 11.8. The Kier molecular flexibility index (Phi) is 9.37. The topological polar surface area (TPSA) is 267 Å². The third kappa shape index (κ3) is 6.34. The van der Waals surface area contributed by atoms with Crippen LogP contribution in [0.25, 0.3) is 0 Å². The van der Waals surface area contributed by atoms with Gasteiger partial charge in [-0.15, -0.1) is 16.9 Å². The molecule has 2 amide bonds. The third-order valence-corrected chi connectivity index (χ3v) is 9.12. The summed E-state index contributed by atoms with van der Waals surface area (Å²) in [5.74, 6) is -4.08. The van der Waals surface area contributed by atoms with Crippen molar-refractivity contribution < 1.29 is 34.2 Å². The van der Waals surface area contributed by atoms with E-state index in [1.807, 2.05) is 0 Å². The number of oxime groups is 1. The van der Waals surface area contributed by atoms with E-state index in [9.17, 15) is 29.4 Å². The standard InChI is InChI=1S/C23H23N11O7S3/c24-6-7-33-23(28-31-32-33)43-9-11-8-42-19-13(18(36)34(19)14(11)20(37)38)26-17(35)12(16-27-22(25)44-30-16)29-41-15(21(39)40)10-4-2-1-3-5-10/h1-5,13,15,19H,6-9,24H2,(H,26,35)(H,37,38)(H,39,40)(H2,25,27,30)/t13?,15?,19-/m1/s1. The molecule has 2 aliphatic rings. The number of hydrogen-bond donors (Lipinski definition) is 5. The molecule has 18 nitrogen and oxygen atoms in total. The lowest BCUT2D eigenvalue weighted by Crippen LogP contribution is -2.71. The Morgan fingerprint density at radius 3 is 2.68 bits per heavy atom. The molecule has 0 aliphatic carbocycles. The predicted molar refractivity (Wildman–Crippen MR) is 156 cm³/mol. The number of nitrogens with zero attached hydrogens (tertiary/aromatic N) is 8. The van der Waals surface area contributed by atoms with Crippen LogP contribution in [0.3, 0.4) is 0 Å². The molecule has 4 heterocycles. The van der Waals surface area contributed by atoms with E-state index >= 15 is 0 Å².